The summed E-state index contributed by atoms with van der Waals surface area (Å²) in [6, 6.07) is 16.3. The highest BCUT2D eigenvalue weighted by atomic mass is 16.1. The Hall–Kier alpha value is -2.53. The maximum absolute atomic E-state index is 12.4. The average Bonchev–Trinajstić information content (AvgIpc) is 3.38. The van der Waals surface area contributed by atoms with Gasteiger partial charge in [0.2, 0.25) is 5.91 Å². The van der Waals surface area contributed by atoms with Crippen LogP contribution in [0.5, 0.6) is 0 Å². The maximum atomic E-state index is 12.4. The second kappa shape index (κ2) is 5.28. The molecule has 1 atom stereocenters. The summed E-state index contributed by atoms with van der Waals surface area (Å²) in [5, 5.41) is 3.03. The minimum atomic E-state index is -0.257. The number of rotatable bonds is 3. The molecule has 0 spiro atoms. The van der Waals surface area contributed by atoms with E-state index in [2.05, 4.69) is 35.5 Å². The molecule has 2 heteroatoms. The molecule has 114 valence electrons. The van der Waals surface area contributed by atoms with Crippen molar-refractivity contribution < 1.29 is 4.79 Å². The molecular formula is C21H19NO. The van der Waals surface area contributed by atoms with Crippen molar-refractivity contribution in [1.29, 1.82) is 0 Å². The van der Waals surface area contributed by atoms with E-state index in [1.165, 1.54) is 24.0 Å². The largest absolute Gasteiger partial charge is 0.326 e. The van der Waals surface area contributed by atoms with Crippen LogP contribution in [0.2, 0.25) is 0 Å². The van der Waals surface area contributed by atoms with Crippen LogP contribution < -0.4 is 5.32 Å². The third-order valence-corrected chi connectivity index (χ3v) is 5.09. The first-order chi connectivity index (χ1) is 11.2. The molecule has 2 aliphatic rings. The van der Waals surface area contributed by atoms with Gasteiger partial charge in [-0.3, -0.25) is 4.79 Å². The van der Waals surface area contributed by atoms with Crippen molar-refractivity contribution >= 4 is 11.6 Å². The molecule has 1 aliphatic carbocycles. The lowest BCUT2D eigenvalue weighted by molar-refractivity contribution is -0.117. The number of para-hydroxylation sites is 1. The summed E-state index contributed by atoms with van der Waals surface area (Å²) >= 11 is 0. The first kappa shape index (κ1) is 14.1. The number of fused-ring (bicyclic) bond motifs is 1. The normalized spacial score (nSPS) is 22.8. The Morgan fingerprint density at radius 3 is 2.78 bits per heavy atom. The molecule has 2 aromatic rings. The number of amides is 1. The molecule has 1 fully saturated rings. The van der Waals surface area contributed by atoms with Crippen LogP contribution in [0.1, 0.15) is 42.4 Å². The summed E-state index contributed by atoms with van der Waals surface area (Å²) in [5.41, 5.74) is 3.95. The first-order valence-corrected chi connectivity index (χ1v) is 8.18. The molecule has 1 unspecified atom stereocenters. The van der Waals surface area contributed by atoms with Crippen LogP contribution in [0.15, 0.2) is 48.5 Å². The minimum absolute atomic E-state index is 0.0930. The maximum Gasteiger partial charge on any atom is 0.225 e. The van der Waals surface area contributed by atoms with Crippen molar-refractivity contribution in [1.82, 2.24) is 0 Å². The number of carbonyl (C=O) groups is 1. The summed E-state index contributed by atoms with van der Waals surface area (Å²) in [6.07, 6.45) is 9.64. The van der Waals surface area contributed by atoms with E-state index in [-0.39, 0.29) is 11.3 Å². The fourth-order valence-corrected chi connectivity index (χ4v) is 3.85. The van der Waals surface area contributed by atoms with Gasteiger partial charge in [-0.1, -0.05) is 49.1 Å². The number of hydrogen-bond acceptors (Lipinski definition) is 1. The van der Waals surface area contributed by atoms with Crippen LogP contribution in [0.4, 0.5) is 5.69 Å². The number of anilines is 1. The van der Waals surface area contributed by atoms with Crippen LogP contribution in [-0.4, -0.2) is 5.91 Å². The summed E-state index contributed by atoms with van der Waals surface area (Å²) < 4.78 is 0. The van der Waals surface area contributed by atoms with Gasteiger partial charge in [0.15, 0.2) is 0 Å². The third-order valence-electron chi connectivity index (χ3n) is 5.09. The second-order valence-corrected chi connectivity index (χ2v) is 6.73. The topological polar surface area (TPSA) is 29.1 Å². The summed E-state index contributed by atoms with van der Waals surface area (Å²) in [4.78, 5) is 12.4. The van der Waals surface area contributed by atoms with E-state index in [9.17, 15) is 4.79 Å². The van der Waals surface area contributed by atoms with Gasteiger partial charge in [-0.25, -0.2) is 0 Å². The fraction of sp³-hybridized carbons (Fsp3) is 0.286. The first-order valence-electron chi connectivity index (χ1n) is 8.18. The molecule has 1 N–H and O–H groups in total. The number of benzene rings is 2. The van der Waals surface area contributed by atoms with Crippen molar-refractivity contribution in [3.05, 3.63) is 65.2 Å². The molecule has 0 radical (unpaired) electrons. The van der Waals surface area contributed by atoms with Gasteiger partial charge in [0, 0.05) is 23.1 Å². The third kappa shape index (κ3) is 2.43. The Labute approximate surface area is 136 Å². The lowest BCUT2D eigenvalue weighted by Crippen LogP contribution is -2.38. The minimum Gasteiger partial charge on any atom is -0.326 e. The smallest absolute Gasteiger partial charge is 0.225 e. The molecule has 4 rings (SSSR count). The van der Waals surface area contributed by atoms with Gasteiger partial charge in [0.1, 0.15) is 0 Å². The zero-order valence-corrected chi connectivity index (χ0v) is 13.0. The second-order valence-electron chi connectivity index (χ2n) is 6.73. The monoisotopic (exact) mass is 301 g/mol. The molecule has 1 saturated carbocycles. The number of hydrogen-bond donors (Lipinski definition) is 1. The van der Waals surface area contributed by atoms with Gasteiger partial charge in [-0.2, -0.15) is 0 Å². The van der Waals surface area contributed by atoms with Gasteiger partial charge >= 0.3 is 0 Å². The van der Waals surface area contributed by atoms with Crippen LogP contribution in [-0.2, 0) is 10.2 Å². The SMILES string of the molecule is C#Cc1cccc(C2(CC3CC3)CC(=O)Nc3ccccc32)c1. The van der Waals surface area contributed by atoms with E-state index >= 15 is 0 Å². The Morgan fingerprint density at radius 1 is 1.17 bits per heavy atom. The average molecular weight is 301 g/mol. The van der Waals surface area contributed by atoms with Crippen molar-refractivity contribution in [2.75, 3.05) is 5.32 Å². The predicted octanol–water partition coefficient (Wildman–Crippen LogP) is 4.10. The number of nitrogens with one attached hydrogen (secondary N) is 1. The van der Waals surface area contributed by atoms with E-state index in [0.29, 0.717) is 12.3 Å². The molecule has 23 heavy (non-hydrogen) atoms. The van der Waals surface area contributed by atoms with Crippen LogP contribution in [0, 0.1) is 18.3 Å². The van der Waals surface area contributed by atoms with Gasteiger partial charge in [0.05, 0.1) is 0 Å². The molecule has 0 aromatic heterocycles. The Morgan fingerprint density at radius 2 is 2.00 bits per heavy atom. The van der Waals surface area contributed by atoms with E-state index in [0.717, 1.165) is 17.7 Å². The lowest BCUT2D eigenvalue weighted by Gasteiger charge is -2.39. The van der Waals surface area contributed by atoms with E-state index in [1.54, 1.807) is 0 Å². The quantitative estimate of drug-likeness (QED) is 0.850. The van der Waals surface area contributed by atoms with E-state index in [1.807, 2.05) is 24.3 Å². The van der Waals surface area contributed by atoms with Crippen molar-refractivity contribution in [2.45, 2.75) is 31.1 Å². The molecule has 1 amide bonds. The highest BCUT2D eigenvalue weighted by Gasteiger charge is 2.45. The van der Waals surface area contributed by atoms with Gasteiger partial charge in [-0.05, 0) is 41.7 Å². The standard InChI is InChI=1S/C21H19NO/c1-2-15-6-5-7-17(12-15)21(13-16-10-11-16)14-20(23)22-19-9-4-3-8-18(19)21/h1,3-9,12,16H,10-11,13-14H2,(H,22,23). The van der Waals surface area contributed by atoms with Crippen LogP contribution in [0.3, 0.4) is 0 Å². The number of carbonyl (C=O) groups excluding carboxylic acids is 1. The molecular weight excluding hydrogens is 282 g/mol. The molecule has 0 saturated heterocycles. The molecule has 2 nitrogen and oxygen atoms in total. The van der Waals surface area contributed by atoms with Crippen LogP contribution in [0.25, 0.3) is 0 Å². The van der Waals surface area contributed by atoms with E-state index < -0.39 is 0 Å². The lowest BCUT2D eigenvalue weighted by atomic mass is 9.66. The van der Waals surface area contributed by atoms with Crippen molar-refractivity contribution in [3.8, 4) is 12.3 Å². The summed E-state index contributed by atoms with van der Waals surface area (Å²) in [6.45, 7) is 0. The number of terminal acetylenes is 1. The van der Waals surface area contributed by atoms with Gasteiger partial charge < -0.3 is 5.32 Å². The summed E-state index contributed by atoms with van der Waals surface area (Å²) in [7, 11) is 0. The molecule has 1 aliphatic heterocycles. The van der Waals surface area contributed by atoms with Crippen molar-refractivity contribution in [2.24, 2.45) is 5.92 Å². The zero-order chi connectivity index (χ0) is 15.9. The Kier molecular flexibility index (Phi) is 3.23. The zero-order valence-electron chi connectivity index (χ0n) is 13.0. The van der Waals surface area contributed by atoms with Crippen LogP contribution >= 0.6 is 0 Å². The van der Waals surface area contributed by atoms with E-state index in [4.69, 9.17) is 6.42 Å². The fourth-order valence-electron chi connectivity index (χ4n) is 3.85. The highest BCUT2D eigenvalue weighted by molar-refractivity contribution is 5.96. The molecule has 1 heterocycles. The molecule has 0 bridgehead atoms. The summed E-state index contributed by atoms with van der Waals surface area (Å²) in [5.74, 6) is 3.53. The Balaban J connectivity index is 1.93. The predicted molar refractivity (Wildman–Crippen MR) is 92.2 cm³/mol. The molecule has 2 aromatic carbocycles. The highest BCUT2D eigenvalue weighted by Crippen LogP contribution is 2.51. The van der Waals surface area contributed by atoms with Gasteiger partial charge in [0.25, 0.3) is 0 Å². The van der Waals surface area contributed by atoms with Gasteiger partial charge in [-0.15, -0.1) is 6.42 Å². The Bertz CT molecular complexity index is 813. The van der Waals surface area contributed by atoms with Crippen molar-refractivity contribution in [3.63, 3.8) is 0 Å².